The van der Waals surface area contributed by atoms with Gasteiger partial charge >= 0.3 is 11.8 Å². The van der Waals surface area contributed by atoms with E-state index in [1.807, 2.05) is 30.3 Å². The second kappa shape index (κ2) is 13.1. The van der Waals surface area contributed by atoms with Gasteiger partial charge in [0.1, 0.15) is 11.5 Å². The average molecular weight is 475 g/mol. The van der Waals surface area contributed by atoms with Crippen LogP contribution in [0.3, 0.4) is 0 Å². The minimum absolute atomic E-state index is 0.109. The number of nitrogens with zero attached hydrogens (tertiary/aromatic N) is 1. The van der Waals surface area contributed by atoms with Crippen molar-refractivity contribution < 1.29 is 23.9 Å². The van der Waals surface area contributed by atoms with Crippen molar-refractivity contribution in [3.8, 4) is 11.5 Å². The first-order valence-electron chi connectivity index (χ1n) is 10.8. The van der Waals surface area contributed by atoms with E-state index >= 15 is 0 Å². The molecule has 0 atom stereocenters. The third-order valence-electron chi connectivity index (χ3n) is 4.78. The fourth-order valence-electron chi connectivity index (χ4n) is 2.87. The molecule has 0 saturated heterocycles. The predicted octanol–water partition coefficient (Wildman–Crippen LogP) is 2.16. The van der Waals surface area contributed by atoms with Crippen LogP contribution in [0.25, 0.3) is 0 Å². The van der Waals surface area contributed by atoms with Gasteiger partial charge in [0.15, 0.2) is 6.61 Å². The van der Waals surface area contributed by atoms with Gasteiger partial charge in [-0.25, -0.2) is 5.43 Å². The Morgan fingerprint density at radius 3 is 2.09 bits per heavy atom. The van der Waals surface area contributed by atoms with Crippen molar-refractivity contribution in [3.63, 3.8) is 0 Å². The molecule has 35 heavy (non-hydrogen) atoms. The van der Waals surface area contributed by atoms with Crippen molar-refractivity contribution in [1.29, 1.82) is 0 Å². The normalized spacial score (nSPS) is 10.4. The summed E-state index contributed by atoms with van der Waals surface area (Å²) in [4.78, 5) is 35.7. The van der Waals surface area contributed by atoms with Gasteiger partial charge in [0, 0.05) is 13.1 Å². The SMILES string of the molecule is COc1ccc(CNC(=O)C(=O)N/N=C\c2ccc(OCC(=O)NCc3ccccc3)cc2)cc1. The van der Waals surface area contributed by atoms with Gasteiger partial charge in [0.2, 0.25) is 0 Å². The maximum absolute atomic E-state index is 11.9. The number of hydrogen-bond acceptors (Lipinski definition) is 6. The Morgan fingerprint density at radius 2 is 1.40 bits per heavy atom. The quantitative estimate of drug-likeness (QED) is 0.236. The van der Waals surface area contributed by atoms with Crippen molar-refractivity contribution in [1.82, 2.24) is 16.1 Å². The topological polar surface area (TPSA) is 118 Å². The molecule has 9 nitrogen and oxygen atoms in total. The Kier molecular flexibility index (Phi) is 9.38. The highest BCUT2D eigenvalue weighted by molar-refractivity contribution is 6.35. The monoisotopic (exact) mass is 474 g/mol. The summed E-state index contributed by atoms with van der Waals surface area (Å²) in [6, 6.07) is 23.5. The number of methoxy groups -OCH3 is 1. The van der Waals surface area contributed by atoms with Crippen molar-refractivity contribution >= 4 is 23.9 Å². The van der Waals surface area contributed by atoms with Crippen molar-refractivity contribution in [2.75, 3.05) is 13.7 Å². The lowest BCUT2D eigenvalue weighted by Gasteiger charge is -2.08. The zero-order chi connectivity index (χ0) is 24.9. The van der Waals surface area contributed by atoms with E-state index < -0.39 is 11.8 Å². The average Bonchev–Trinajstić information content (AvgIpc) is 2.90. The van der Waals surface area contributed by atoms with Crippen molar-refractivity contribution in [3.05, 3.63) is 95.6 Å². The maximum atomic E-state index is 11.9. The first-order valence-corrected chi connectivity index (χ1v) is 10.8. The van der Waals surface area contributed by atoms with Gasteiger partial charge in [0.05, 0.1) is 13.3 Å². The number of carbonyl (C=O) groups is 3. The fraction of sp³-hybridized carbons (Fsp3) is 0.154. The molecule has 0 fully saturated rings. The Hall–Kier alpha value is -4.66. The lowest BCUT2D eigenvalue weighted by atomic mass is 10.2. The summed E-state index contributed by atoms with van der Waals surface area (Å²) >= 11 is 0. The fourth-order valence-corrected chi connectivity index (χ4v) is 2.87. The summed E-state index contributed by atoms with van der Waals surface area (Å²) in [6.07, 6.45) is 1.39. The lowest BCUT2D eigenvalue weighted by Crippen LogP contribution is -2.37. The van der Waals surface area contributed by atoms with Crippen LogP contribution in [0.15, 0.2) is 84.0 Å². The number of benzene rings is 3. The Balaban J connectivity index is 1.36. The molecule has 0 aliphatic carbocycles. The summed E-state index contributed by atoms with van der Waals surface area (Å²) < 4.78 is 10.5. The molecule has 0 aromatic heterocycles. The second-order valence-electron chi connectivity index (χ2n) is 7.35. The van der Waals surface area contributed by atoms with E-state index in [-0.39, 0.29) is 19.1 Å². The van der Waals surface area contributed by atoms with Crippen molar-refractivity contribution in [2.45, 2.75) is 13.1 Å². The molecule has 0 saturated carbocycles. The van der Waals surface area contributed by atoms with Crippen LogP contribution in [0.2, 0.25) is 0 Å². The third kappa shape index (κ3) is 8.65. The number of ether oxygens (including phenoxy) is 2. The van der Waals surface area contributed by atoms with Crippen LogP contribution in [0.4, 0.5) is 0 Å². The highest BCUT2D eigenvalue weighted by Gasteiger charge is 2.12. The molecule has 0 unspecified atom stereocenters. The Bertz CT molecular complexity index is 1150. The molecule has 3 N–H and O–H groups in total. The van der Waals surface area contributed by atoms with E-state index in [0.29, 0.717) is 23.6 Å². The standard InChI is InChI=1S/C26H26N4O5/c1-34-22-11-7-20(8-12-22)16-28-25(32)26(33)30-29-17-21-9-13-23(14-10-21)35-18-24(31)27-15-19-5-3-2-4-6-19/h2-14,17H,15-16,18H2,1H3,(H,27,31)(H,28,32)(H,30,33)/b29-17-. The number of nitrogens with one attached hydrogen (secondary N) is 3. The highest BCUT2D eigenvalue weighted by Crippen LogP contribution is 2.12. The molecule has 3 aromatic carbocycles. The molecule has 3 rings (SSSR count). The van der Waals surface area contributed by atoms with E-state index in [0.717, 1.165) is 11.1 Å². The number of carbonyl (C=O) groups excluding carboxylic acids is 3. The smallest absolute Gasteiger partial charge is 0.329 e. The van der Waals surface area contributed by atoms with Gasteiger partial charge in [-0.05, 0) is 53.1 Å². The Morgan fingerprint density at radius 1 is 0.771 bits per heavy atom. The molecule has 0 radical (unpaired) electrons. The molecule has 3 aromatic rings. The zero-order valence-electron chi connectivity index (χ0n) is 19.2. The van der Waals surface area contributed by atoms with Gasteiger partial charge in [-0.15, -0.1) is 0 Å². The van der Waals surface area contributed by atoms with Crippen molar-refractivity contribution in [2.24, 2.45) is 5.10 Å². The lowest BCUT2D eigenvalue weighted by molar-refractivity contribution is -0.139. The predicted molar refractivity (Wildman–Crippen MR) is 131 cm³/mol. The van der Waals surface area contributed by atoms with Gasteiger partial charge in [-0.2, -0.15) is 5.10 Å². The van der Waals surface area contributed by atoms with E-state index in [2.05, 4.69) is 21.2 Å². The van der Waals surface area contributed by atoms with Crippen LogP contribution in [-0.2, 0) is 27.5 Å². The van der Waals surface area contributed by atoms with E-state index in [1.54, 1.807) is 55.6 Å². The second-order valence-corrected chi connectivity index (χ2v) is 7.35. The third-order valence-corrected chi connectivity index (χ3v) is 4.78. The summed E-state index contributed by atoms with van der Waals surface area (Å²) in [7, 11) is 1.57. The molecule has 0 spiro atoms. The highest BCUT2D eigenvalue weighted by atomic mass is 16.5. The minimum Gasteiger partial charge on any atom is -0.497 e. The number of hydrogen-bond donors (Lipinski definition) is 3. The van der Waals surface area contributed by atoms with Gasteiger partial charge in [0.25, 0.3) is 5.91 Å². The van der Waals surface area contributed by atoms with E-state index in [9.17, 15) is 14.4 Å². The summed E-state index contributed by atoms with van der Waals surface area (Å²) in [5, 5.41) is 9.10. The van der Waals surface area contributed by atoms with Crippen LogP contribution >= 0.6 is 0 Å². The molecule has 3 amide bonds. The van der Waals surface area contributed by atoms with Gasteiger partial charge in [-0.3, -0.25) is 14.4 Å². The summed E-state index contributed by atoms with van der Waals surface area (Å²) in [6.45, 7) is 0.525. The first-order chi connectivity index (χ1) is 17.0. The first kappa shape index (κ1) is 25.0. The van der Waals surface area contributed by atoms with Gasteiger partial charge in [-0.1, -0.05) is 42.5 Å². The molecular formula is C26H26N4O5. The zero-order valence-corrected chi connectivity index (χ0v) is 19.2. The van der Waals surface area contributed by atoms with Crippen LogP contribution in [0.5, 0.6) is 11.5 Å². The molecule has 0 aliphatic rings. The molecule has 0 bridgehead atoms. The van der Waals surface area contributed by atoms with E-state index in [1.165, 1.54) is 6.21 Å². The Labute approximate surface area is 203 Å². The molecule has 0 aliphatic heterocycles. The number of rotatable bonds is 10. The minimum atomic E-state index is -0.878. The molecule has 9 heteroatoms. The molecule has 180 valence electrons. The van der Waals surface area contributed by atoms with Crippen LogP contribution < -0.4 is 25.5 Å². The van der Waals surface area contributed by atoms with E-state index in [4.69, 9.17) is 9.47 Å². The number of hydrazone groups is 1. The van der Waals surface area contributed by atoms with Crippen LogP contribution in [-0.4, -0.2) is 37.7 Å². The molecule has 0 heterocycles. The summed E-state index contributed by atoms with van der Waals surface area (Å²) in [5.74, 6) is -0.689. The van der Waals surface area contributed by atoms with Crippen LogP contribution in [0, 0.1) is 0 Å². The maximum Gasteiger partial charge on any atom is 0.329 e. The van der Waals surface area contributed by atoms with Crippen LogP contribution in [0.1, 0.15) is 16.7 Å². The largest absolute Gasteiger partial charge is 0.497 e. The summed E-state index contributed by atoms with van der Waals surface area (Å²) in [5.41, 5.74) is 4.68. The molecular weight excluding hydrogens is 448 g/mol. The number of amides is 3. The van der Waals surface area contributed by atoms with Gasteiger partial charge < -0.3 is 20.1 Å².